The van der Waals surface area contributed by atoms with E-state index in [1.54, 1.807) is 42.7 Å². The van der Waals surface area contributed by atoms with Gasteiger partial charge in [-0.3, -0.25) is 4.79 Å². The minimum atomic E-state index is -0.391. The van der Waals surface area contributed by atoms with E-state index in [9.17, 15) is 9.18 Å². The molecule has 0 bridgehead atoms. The molecule has 3 aromatic heterocycles. The first-order valence-corrected chi connectivity index (χ1v) is 10.7. The number of carbonyl (C=O) groups is 1. The van der Waals surface area contributed by atoms with Gasteiger partial charge in [0.15, 0.2) is 0 Å². The first-order chi connectivity index (χ1) is 16.7. The van der Waals surface area contributed by atoms with Crippen molar-refractivity contribution in [3.63, 3.8) is 0 Å². The van der Waals surface area contributed by atoms with Gasteiger partial charge in [0, 0.05) is 24.5 Å². The van der Waals surface area contributed by atoms with Crippen LogP contribution in [0.1, 0.15) is 16.1 Å². The smallest absolute Gasteiger partial charge is 0.296 e. The van der Waals surface area contributed by atoms with Crippen molar-refractivity contribution < 1.29 is 9.18 Å². The van der Waals surface area contributed by atoms with E-state index in [1.165, 1.54) is 22.4 Å². The summed E-state index contributed by atoms with van der Waals surface area (Å²) in [4.78, 5) is 24.9. The molecule has 168 valence electrons. The number of rotatable bonds is 7. The fourth-order valence-corrected chi connectivity index (χ4v) is 3.57. The Kier molecular flexibility index (Phi) is 5.89. The van der Waals surface area contributed by atoms with Crippen molar-refractivity contribution in [2.24, 2.45) is 0 Å². The third kappa shape index (κ3) is 4.44. The Morgan fingerprint density at radius 2 is 1.82 bits per heavy atom. The van der Waals surface area contributed by atoms with E-state index in [4.69, 9.17) is 0 Å². The maximum atomic E-state index is 13.5. The summed E-state index contributed by atoms with van der Waals surface area (Å²) in [5, 5.41) is 11.6. The first-order valence-electron chi connectivity index (χ1n) is 10.7. The fraction of sp³-hybridized carbons (Fsp3) is 0.0800. The van der Waals surface area contributed by atoms with Crippen molar-refractivity contribution in [3.05, 3.63) is 102 Å². The summed E-state index contributed by atoms with van der Waals surface area (Å²) in [6.07, 6.45) is 4.07. The summed E-state index contributed by atoms with van der Waals surface area (Å²) >= 11 is 0. The van der Waals surface area contributed by atoms with Crippen LogP contribution in [0.3, 0.4) is 0 Å². The van der Waals surface area contributed by atoms with E-state index in [0.717, 1.165) is 6.42 Å². The van der Waals surface area contributed by atoms with Crippen molar-refractivity contribution in [2.45, 2.75) is 6.42 Å². The number of aromatic amines is 1. The molecule has 9 heteroatoms. The molecule has 2 aromatic carbocycles. The van der Waals surface area contributed by atoms with E-state index in [-0.39, 0.29) is 5.82 Å². The second-order valence-electron chi connectivity index (χ2n) is 7.52. The lowest BCUT2D eigenvalue weighted by Gasteiger charge is -2.09. The third-order valence-corrected chi connectivity index (χ3v) is 5.25. The number of halogens is 1. The van der Waals surface area contributed by atoms with Crippen molar-refractivity contribution in [1.29, 1.82) is 0 Å². The van der Waals surface area contributed by atoms with Gasteiger partial charge >= 0.3 is 0 Å². The Bertz CT molecular complexity index is 1400. The Balaban J connectivity index is 1.50. The van der Waals surface area contributed by atoms with Gasteiger partial charge in [-0.2, -0.15) is 4.68 Å². The third-order valence-electron chi connectivity index (χ3n) is 5.25. The zero-order valence-corrected chi connectivity index (χ0v) is 18.0. The highest BCUT2D eigenvalue weighted by molar-refractivity contribution is 5.97. The number of carbonyl (C=O) groups excluding carboxylic acids is 1. The lowest BCUT2D eigenvalue weighted by Crippen LogP contribution is -2.16. The molecule has 3 heterocycles. The Hall–Kier alpha value is -4.66. The molecule has 0 aliphatic carbocycles. The average molecular weight is 453 g/mol. The highest BCUT2D eigenvalue weighted by Gasteiger charge is 2.24. The minimum Gasteiger partial charge on any atom is -0.357 e. The predicted molar refractivity (Wildman–Crippen MR) is 126 cm³/mol. The molecule has 0 spiro atoms. The lowest BCUT2D eigenvalue weighted by molar-refractivity contribution is 0.0940. The van der Waals surface area contributed by atoms with Crippen molar-refractivity contribution in [1.82, 2.24) is 29.9 Å². The summed E-state index contributed by atoms with van der Waals surface area (Å²) in [6.45, 7) is 0.636. The maximum absolute atomic E-state index is 13.5. The molecule has 34 heavy (non-hydrogen) atoms. The Morgan fingerprint density at radius 1 is 1.00 bits per heavy atom. The summed E-state index contributed by atoms with van der Waals surface area (Å²) in [6, 6.07) is 21.0. The molecule has 0 saturated carbocycles. The van der Waals surface area contributed by atoms with E-state index < -0.39 is 5.91 Å². The second-order valence-corrected chi connectivity index (χ2v) is 7.52. The topological polar surface area (TPSA) is 101 Å². The number of hydrogen-bond donors (Lipinski definition) is 2. The van der Waals surface area contributed by atoms with Crippen LogP contribution >= 0.6 is 0 Å². The minimum absolute atomic E-state index is 0.354. The number of H-pyrrole nitrogens is 1. The molecule has 0 aliphatic rings. The van der Waals surface area contributed by atoms with Crippen LogP contribution in [-0.2, 0) is 6.42 Å². The normalized spacial score (nSPS) is 10.9. The van der Waals surface area contributed by atoms with Gasteiger partial charge in [-0.15, -0.1) is 5.10 Å². The number of nitrogens with zero attached hydrogens (tertiary/aromatic N) is 5. The molecule has 0 saturated heterocycles. The van der Waals surface area contributed by atoms with Crippen LogP contribution in [-0.4, -0.2) is 42.4 Å². The van der Waals surface area contributed by atoms with Crippen LogP contribution in [0, 0.1) is 5.82 Å². The molecule has 0 aliphatic heterocycles. The lowest BCUT2D eigenvalue weighted by atomic mass is 10.1. The van der Waals surface area contributed by atoms with Gasteiger partial charge < -0.3 is 10.3 Å². The molecule has 0 fully saturated rings. The van der Waals surface area contributed by atoms with Crippen LogP contribution in [0.25, 0.3) is 22.6 Å². The monoisotopic (exact) mass is 453 g/mol. The van der Waals surface area contributed by atoms with Gasteiger partial charge in [0.1, 0.15) is 22.9 Å². The fourth-order valence-electron chi connectivity index (χ4n) is 3.57. The standard InChI is InChI=1S/C25H20FN7O/c26-19-10-8-18(9-11-19)22-23(33(32-31-22)24(34)21-7-4-14-27-21)20-13-16-29-25(30-20)28-15-12-17-5-2-1-3-6-17/h1-11,13-14,16,27H,12,15H2,(H,28,29,30). The molecule has 0 atom stereocenters. The average Bonchev–Trinajstić information content (AvgIpc) is 3.56. The SMILES string of the molecule is O=C(c1ccc[nH]1)n1nnc(-c2ccc(F)cc2)c1-c1ccnc(NCCc2ccccc2)n1. The van der Waals surface area contributed by atoms with E-state index >= 15 is 0 Å². The number of anilines is 1. The largest absolute Gasteiger partial charge is 0.357 e. The Morgan fingerprint density at radius 3 is 2.59 bits per heavy atom. The zero-order valence-electron chi connectivity index (χ0n) is 18.0. The number of nitrogens with one attached hydrogen (secondary N) is 2. The summed E-state index contributed by atoms with van der Waals surface area (Å²) in [5.41, 5.74) is 3.42. The van der Waals surface area contributed by atoms with E-state index in [0.29, 0.717) is 40.8 Å². The van der Waals surface area contributed by atoms with Gasteiger partial charge in [0.05, 0.1) is 5.69 Å². The van der Waals surface area contributed by atoms with Crippen molar-refractivity contribution >= 4 is 11.9 Å². The molecule has 0 radical (unpaired) electrons. The predicted octanol–water partition coefficient (Wildman–Crippen LogP) is 4.21. The molecule has 0 unspecified atom stereocenters. The van der Waals surface area contributed by atoms with Crippen LogP contribution in [0.15, 0.2) is 85.2 Å². The number of aromatic nitrogens is 6. The number of benzene rings is 2. The first kappa shape index (κ1) is 21.2. The number of hydrogen-bond acceptors (Lipinski definition) is 6. The molecule has 2 N–H and O–H groups in total. The maximum Gasteiger partial charge on any atom is 0.296 e. The highest BCUT2D eigenvalue weighted by atomic mass is 19.1. The Labute approximate surface area is 194 Å². The van der Waals surface area contributed by atoms with Gasteiger partial charge in [-0.1, -0.05) is 35.5 Å². The summed E-state index contributed by atoms with van der Waals surface area (Å²) in [5.74, 6) is -0.344. The summed E-state index contributed by atoms with van der Waals surface area (Å²) < 4.78 is 14.7. The van der Waals surface area contributed by atoms with Gasteiger partial charge in [0.25, 0.3) is 5.91 Å². The summed E-state index contributed by atoms with van der Waals surface area (Å²) in [7, 11) is 0. The van der Waals surface area contributed by atoms with E-state index in [1.807, 2.05) is 18.2 Å². The molecule has 0 amide bonds. The van der Waals surface area contributed by atoms with Crippen LogP contribution in [0.2, 0.25) is 0 Å². The molecular formula is C25H20FN7O. The second kappa shape index (κ2) is 9.45. The van der Waals surface area contributed by atoms with Crippen LogP contribution in [0.5, 0.6) is 0 Å². The quantitative estimate of drug-likeness (QED) is 0.383. The molecule has 5 aromatic rings. The van der Waals surface area contributed by atoms with E-state index in [2.05, 4.69) is 42.7 Å². The van der Waals surface area contributed by atoms with Crippen molar-refractivity contribution in [2.75, 3.05) is 11.9 Å². The molecule has 5 rings (SSSR count). The zero-order chi connectivity index (χ0) is 23.3. The highest BCUT2D eigenvalue weighted by Crippen LogP contribution is 2.30. The van der Waals surface area contributed by atoms with Gasteiger partial charge in [0.2, 0.25) is 5.95 Å². The van der Waals surface area contributed by atoms with Crippen LogP contribution < -0.4 is 5.32 Å². The van der Waals surface area contributed by atoms with Gasteiger partial charge in [-0.05, 0) is 54.4 Å². The molecular weight excluding hydrogens is 433 g/mol. The van der Waals surface area contributed by atoms with Gasteiger partial charge in [-0.25, -0.2) is 14.4 Å². The van der Waals surface area contributed by atoms with Crippen molar-refractivity contribution in [3.8, 4) is 22.6 Å². The van der Waals surface area contributed by atoms with Crippen LogP contribution in [0.4, 0.5) is 10.3 Å². The molecule has 8 nitrogen and oxygen atoms in total.